The quantitative estimate of drug-likeness (QED) is 0.805. The highest BCUT2D eigenvalue weighted by Gasteiger charge is 2.11. The highest BCUT2D eigenvalue weighted by atomic mass is 35.5. The highest BCUT2D eigenvalue weighted by Crippen LogP contribution is 2.21. The molecule has 2 atom stereocenters. The fourth-order valence-corrected chi connectivity index (χ4v) is 1.64. The van der Waals surface area contributed by atoms with Crippen molar-refractivity contribution >= 4 is 11.6 Å². The average Bonchev–Trinajstić information content (AvgIpc) is 2.15. The molecule has 1 aromatic carbocycles. The largest absolute Gasteiger partial charge is 0.393 e. The summed E-state index contributed by atoms with van der Waals surface area (Å²) in [6.07, 6.45) is 0.372. The van der Waals surface area contributed by atoms with Gasteiger partial charge in [-0.05, 0) is 43.5 Å². The van der Waals surface area contributed by atoms with Crippen LogP contribution in [0.2, 0.25) is 5.02 Å². The third-order valence-electron chi connectivity index (χ3n) is 2.25. The summed E-state index contributed by atoms with van der Waals surface area (Å²) in [5, 5.41) is 10.0. The Morgan fingerprint density at radius 1 is 1.36 bits per heavy atom. The first kappa shape index (κ1) is 11.5. The molecule has 0 aromatic heterocycles. The van der Waals surface area contributed by atoms with Crippen molar-refractivity contribution in [3.05, 3.63) is 34.9 Å². The number of rotatable bonds is 4. The molecule has 0 bridgehead atoms. The summed E-state index contributed by atoms with van der Waals surface area (Å²) in [6.45, 7) is 2.32. The van der Waals surface area contributed by atoms with Crippen molar-refractivity contribution in [1.82, 2.24) is 0 Å². The van der Waals surface area contributed by atoms with E-state index in [1.54, 1.807) is 6.92 Å². The van der Waals surface area contributed by atoms with E-state index in [2.05, 4.69) is 0 Å². The fourth-order valence-electron chi connectivity index (χ4n) is 1.52. The Balaban J connectivity index is 2.73. The zero-order chi connectivity index (χ0) is 10.6. The van der Waals surface area contributed by atoms with Gasteiger partial charge in [-0.25, -0.2) is 0 Å². The van der Waals surface area contributed by atoms with Crippen molar-refractivity contribution in [2.24, 2.45) is 5.73 Å². The van der Waals surface area contributed by atoms with Gasteiger partial charge < -0.3 is 10.8 Å². The molecule has 3 heteroatoms. The third kappa shape index (κ3) is 3.29. The van der Waals surface area contributed by atoms with Gasteiger partial charge >= 0.3 is 0 Å². The standard InChI is InChI=1S/C11H16ClNO/c1-8(14)6-10(7-13)9-2-4-11(12)5-3-9/h2-5,8,10,14H,6-7,13H2,1H3. The van der Waals surface area contributed by atoms with Crippen LogP contribution in [-0.2, 0) is 0 Å². The highest BCUT2D eigenvalue weighted by molar-refractivity contribution is 6.30. The van der Waals surface area contributed by atoms with Gasteiger partial charge in [0.25, 0.3) is 0 Å². The predicted molar refractivity (Wildman–Crippen MR) is 59.5 cm³/mol. The normalized spacial score (nSPS) is 15.1. The summed E-state index contributed by atoms with van der Waals surface area (Å²) in [6, 6.07) is 7.62. The SMILES string of the molecule is CC(O)CC(CN)c1ccc(Cl)cc1. The second kappa shape index (κ2) is 5.35. The minimum Gasteiger partial charge on any atom is -0.393 e. The zero-order valence-corrected chi connectivity index (χ0v) is 9.04. The van der Waals surface area contributed by atoms with Crippen LogP contribution in [0.3, 0.4) is 0 Å². The van der Waals surface area contributed by atoms with E-state index in [-0.39, 0.29) is 12.0 Å². The van der Waals surface area contributed by atoms with Crippen molar-refractivity contribution in [2.75, 3.05) is 6.54 Å². The predicted octanol–water partition coefficient (Wildman–Crippen LogP) is 2.15. The summed E-state index contributed by atoms with van der Waals surface area (Å²) >= 11 is 5.78. The van der Waals surface area contributed by atoms with Gasteiger partial charge in [-0.1, -0.05) is 23.7 Å². The molecule has 0 radical (unpaired) electrons. The van der Waals surface area contributed by atoms with Gasteiger partial charge in [0, 0.05) is 5.02 Å². The van der Waals surface area contributed by atoms with Crippen molar-refractivity contribution in [1.29, 1.82) is 0 Å². The molecule has 0 aliphatic heterocycles. The lowest BCUT2D eigenvalue weighted by atomic mass is 9.94. The second-order valence-electron chi connectivity index (χ2n) is 3.57. The molecule has 78 valence electrons. The van der Waals surface area contributed by atoms with E-state index in [1.165, 1.54) is 0 Å². The van der Waals surface area contributed by atoms with Gasteiger partial charge in [-0.2, -0.15) is 0 Å². The fraction of sp³-hybridized carbons (Fsp3) is 0.455. The first-order valence-corrected chi connectivity index (χ1v) is 5.15. The summed E-state index contributed by atoms with van der Waals surface area (Å²) < 4.78 is 0. The van der Waals surface area contributed by atoms with E-state index in [0.29, 0.717) is 13.0 Å². The van der Waals surface area contributed by atoms with Gasteiger partial charge in [0.15, 0.2) is 0 Å². The Bertz CT molecular complexity index is 271. The third-order valence-corrected chi connectivity index (χ3v) is 2.50. The van der Waals surface area contributed by atoms with Crippen LogP contribution in [0.5, 0.6) is 0 Å². The minimum absolute atomic E-state index is 0.215. The van der Waals surface area contributed by atoms with Crippen LogP contribution in [0.1, 0.15) is 24.8 Å². The van der Waals surface area contributed by atoms with Crippen molar-refractivity contribution in [3.63, 3.8) is 0 Å². The topological polar surface area (TPSA) is 46.2 Å². The summed E-state index contributed by atoms with van der Waals surface area (Å²) in [5.74, 6) is 0.215. The van der Waals surface area contributed by atoms with E-state index in [9.17, 15) is 5.11 Å². The van der Waals surface area contributed by atoms with E-state index in [0.717, 1.165) is 10.6 Å². The summed E-state index contributed by atoms with van der Waals surface area (Å²) in [7, 11) is 0. The number of hydrogen-bond acceptors (Lipinski definition) is 2. The molecule has 2 nitrogen and oxygen atoms in total. The molecular weight excluding hydrogens is 198 g/mol. The van der Waals surface area contributed by atoms with Crippen molar-refractivity contribution in [3.8, 4) is 0 Å². The Kier molecular flexibility index (Phi) is 4.39. The average molecular weight is 214 g/mol. The molecule has 1 rings (SSSR count). The molecule has 3 N–H and O–H groups in total. The molecule has 0 aliphatic rings. The maximum Gasteiger partial charge on any atom is 0.0518 e. The van der Waals surface area contributed by atoms with Gasteiger partial charge in [0.05, 0.1) is 6.10 Å². The molecule has 0 saturated heterocycles. The van der Waals surface area contributed by atoms with Crippen LogP contribution in [-0.4, -0.2) is 17.8 Å². The van der Waals surface area contributed by atoms with Crippen molar-refractivity contribution in [2.45, 2.75) is 25.4 Å². The molecule has 2 unspecified atom stereocenters. The number of aliphatic hydroxyl groups excluding tert-OH is 1. The van der Waals surface area contributed by atoms with E-state index >= 15 is 0 Å². The lowest BCUT2D eigenvalue weighted by Gasteiger charge is -2.16. The maximum atomic E-state index is 9.29. The summed E-state index contributed by atoms with van der Waals surface area (Å²) in [5.41, 5.74) is 6.78. The van der Waals surface area contributed by atoms with Gasteiger partial charge in [0.2, 0.25) is 0 Å². The molecule has 0 amide bonds. The number of nitrogens with two attached hydrogens (primary N) is 1. The Labute approximate surface area is 89.7 Å². The number of benzene rings is 1. The Hall–Kier alpha value is -0.570. The number of hydrogen-bond donors (Lipinski definition) is 2. The zero-order valence-electron chi connectivity index (χ0n) is 8.28. The monoisotopic (exact) mass is 213 g/mol. The minimum atomic E-state index is -0.320. The molecule has 0 fully saturated rings. The molecule has 0 saturated carbocycles. The number of aliphatic hydroxyl groups is 1. The van der Waals surface area contributed by atoms with Crippen molar-refractivity contribution < 1.29 is 5.11 Å². The number of halogens is 1. The van der Waals surface area contributed by atoms with Crippen LogP contribution in [0, 0.1) is 0 Å². The van der Waals surface area contributed by atoms with Gasteiger partial charge in [0.1, 0.15) is 0 Å². The smallest absolute Gasteiger partial charge is 0.0518 e. The first-order chi connectivity index (χ1) is 6.63. The van der Waals surface area contributed by atoms with Gasteiger partial charge in [-0.15, -0.1) is 0 Å². The molecule has 0 aliphatic carbocycles. The molecule has 1 aromatic rings. The molecule has 14 heavy (non-hydrogen) atoms. The Morgan fingerprint density at radius 2 is 1.93 bits per heavy atom. The van der Waals surface area contributed by atoms with Gasteiger partial charge in [-0.3, -0.25) is 0 Å². The van der Waals surface area contributed by atoms with E-state index in [4.69, 9.17) is 17.3 Å². The maximum absolute atomic E-state index is 9.29. The van der Waals surface area contributed by atoms with Crippen LogP contribution < -0.4 is 5.73 Å². The van der Waals surface area contributed by atoms with Crippen LogP contribution in [0.15, 0.2) is 24.3 Å². The van der Waals surface area contributed by atoms with Crippen LogP contribution >= 0.6 is 11.6 Å². The molecule has 0 spiro atoms. The Morgan fingerprint density at radius 3 is 2.36 bits per heavy atom. The lowest BCUT2D eigenvalue weighted by Crippen LogP contribution is -2.17. The van der Waals surface area contributed by atoms with Crippen LogP contribution in [0.4, 0.5) is 0 Å². The molecular formula is C11H16ClNO. The van der Waals surface area contributed by atoms with E-state index in [1.807, 2.05) is 24.3 Å². The second-order valence-corrected chi connectivity index (χ2v) is 4.01. The molecule has 0 heterocycles. The first-order valence-electron chi connectivity index (χ1n) is 4.77. The lowest BCUT2D eigenvalue weighted by molar-refractivity contribution is 0.175. The summed E-state index contributed by atoms with van der Waals surface area (Å²) in [4.78, 5) is 0. The van der Waals surface area contributed by atoms with Crippen LogP contribution in [0.25, 0.3) is 0 Å². The van der Waals surface area contributed by atoms with E-state index < -0.39 is 0 Å².